The van der Waals surface area contributed by atoms with E-state index < -0.39 is 0 Å². The summed E-state index contributed by atoms with van der Waals surface area (Å²) < 4.78 is 0. The first kappa shape index (κ1) is 30.8. The van der Waals surface area contributed by atoms with E-state index in [9.17, 15) is 9.90 Å². The van der Waals surface area contributed by atoms with Crippen LogP contribution in [0.2, 0.25) is 0 Å². The number of Topliss-reactive ketones (excluding diaryl/α,β-unsaturated/α-hetero) is 1. The molecular weight excluding hydrogens is 560 g/mol. The van der Waals surface area contributed by atoms with Crippen molar-refractivity contribution in [2.75, 3.05) is 73.6 Å². The maximum Gasteiger partial charge on any atom is 0.229 e. The fraction of sp³-hybridized carbons (Fsp3) is 0.703. The van der Waals surface area contributed by atoms with Crippen LogP contribution in [0.3, 0.4) is 0 Å². The number of hydrogen-bond acceptors (Lipinski definition) is 8. The van der Waals surface area contributed by atoms with E-state index >= 15 is 0 Å². The number of aromatic nitrogens is 2. The lowest BCUT2D eigenvalue weighted by atomic mass is 9.59. The maximum atomic E-state index is 13.1. The van der Waals surface area contributed by atoms with Crippen molar-refractivity contribution in [1.29, 1.82) is 0 Å². The molecule has 0 amide bonds. The van der Waals surface area contributed by atoms with Crippen LogP contribution >= 0.6 is 0 Å². The van der Waals surface area contributed by atoms with Crippen LogP contribution in [0.5, 0.6) is 5.75 Å². The zero-order valence-electron chi connectivity index (χ0n) is 27.7. The van der Waals surface area contributed by atoms with Gasteiger partial charge in [0.25, 0.3) is 0 Å². The van der Waals surface area contributed by atoms with Gasteiger partial charge in [-0.15, -0.1) is 0 Å². The molecule has 2 aliphatic carbocycles. The number of nitrogens with zero attached hydrogens (tertiary/aromatic N) is 6. The summed E-state index contributed by atoms with van der Waals surface area (Å²) in [5, 5.41) is 10.0. The number of phenols is 1. The van der Waals surface area contributed by atoms with E-state index in [0.29, 0.717) is 29.3 Å². The van der Waals surface area contributed by atoms with E-state index in [1.165, 1.54) is 56.1 Å². The number of anilines is 3. The van der Waals surface area contributed by atoms with Crippen molar-refractivity contribution in [2.24, 2.45) is 23.2 Å². The van der Waals surface area contributed by atoms with Gasteiger partial charge in [0.05, 0.1) is 0 Å². The molecule has 244 valence electrons. The first-order chi connectivity index (χ1) is 21.9. The van der Waals surface area contributed by atoms with Gasteiger partial charge in [0, 0.05) is 71.3 Å². The number of hydrogen-bond donors (Lipinski definition) is 1. The van der Waals surface area contributed by atoms with Gasteiger partial charge >= 0.3 is 0 Å². The van der Waals surface area contributed by atoms with E-state index in [0.717, 1.165) is 102 Å². The Balaban J connectivity index is 0.951. The van der Waals surface area contributed by atoms with E-state index in [-0.39, 0.29) is 5.41 Å². The van der Waals surface area contributed by atoms with Gasteiger partial charge in [0.15, 0.2) is 0 Å². The molecule has 8 heteroatoms. The monoisotopic (exact) mass is 614 g/mol. The number of aromatic hydroxyl groups is 1. The molecule has 3 unspecified atom stereocenters. The highest BCUT2D eigenvalue weighted by molar-refractivity contribution is 5.80. The highest BCUT2D eigenvalue weighted by Crippen LogP contribution is 2.58. The number of benzene rings is 1. The smallest absolute Gasteiger partial charge is 0.229 e. The van der Waals surface area contributed by atoms with Crippen LogP contribution in [0, 0.1) is 30.1 Å². The van der Waals surface area contributed by atoms with Crippen LogP contribution in [-0.2, 0) is 11.2 Å². The summed E-state index contributed by atoms with van der Waals surface area (Å²) in [7, 11) is 0. The number of phenolic OH excluding ortho intramolecular Hbond substituents is 1. The Morgan fingerprint density at radius 1 is 0.844 bits per heavy atom. The zero-order valence-corrected chi connectivity index (χ0v) is 27.7. The summed E-state index contributed by atoms with van der Waals surface area (Å²) >= 11 is 0. The molecule has 2 aromatic rings. The van der Waals surface area contributed by atoms with Crippen molar-refractivity contribution >= 4 is 23.4 Å². The molecule has 3 aliphatic heterocycles. The average molecular weight is 615 g/mol. The van der Waals surface area contributed by atoms with Gasteiger partial charge in [-0.1, -0.05) is 13.0 Å². The standard InChI is InChI=1S/C37H54N6O2/c1-27-7-11-31(44)23-28(27)8-9-29-24-32(45)26-37(2)30(10-12-33(29)37)13-18-40-19-21-42(22-20-40)35-25-34(41-14-3-4-15-41)38-36(39-35)43-16-5-6-17-43/h7,11,23,25,29-30,33,44H,3-6,8-10,12-22,24,26H2,1-2H3/t29?,30-,33?,37?/m1/s1. The molecular formula is C37H54N6O2. The quantitative estimate of drug-likeness (QED) is 0.377. The summed E-state index contributed by atoms with van der Waals surface area (Å²) in [5.41, 5.74) is 2.60. The van der Waals surface area contributed by atoms with Gasteiger partial charge in [-0.3, -0.25) is 9.69 Å². The molecule has 1 N–H and O–H groups in total. The zero-order chi connectivity index (χ0) is 31.0. The van der Waals surface area contributed by atoms with Gasteiger partial charge in [-0.25, -0.2) is 0 Å². The molecule has 4 atom stereocenters. The van der Waals surface area contributed by atoms with E-state index in [4.69, 9.17) is 9.97 Å². The first-order valence-corrected chi connectivity index (χ1v) is 18.0. The summed E-state index contributed by atoms with van der Waals surface area (Å²) in [6.07, 6.45) is 12.2. The van der Waals surface area contributed by atoms with Crippen molar-refractivity contribution < 1.29 is 9.90 Å². The summed E-state index contributed by atoms with van der Waals surface area (Å²) in [6.45, 7) is 14.2. The number of fused-ring (bicyclic) bond motifs is 1. The molecule has 0 bridgehead atoms. The molecule has 45 heavy (non-hydrogen) atoms. The molecule has 8 nitrogen and oxygen atoms in total. The molecule has 5 fully saturated rings. The van der Waals surface area contributed by atoms with Crippen LogP contribution in [0.15, 0.2) is 24.3 Å². The van der Waals surface area contributed by atoms with Crippen LogP contribution < -0.4 is 14.7 Å². The summed E-state index contributed by atoms with van der Waals surface area (Å²) in [6, 6.07) is 7.95. The third kappa shape index (κ3) is 6.54. The normalized spacial score (nSPS) is 29.2. The Morgan fingerprint density at radius 3 is 2.22 bits per heavy atom. The lowest BCUT2D eigenvalue weighted by Gasteiger charge is -2.45. The van der Waals surface area contributed by atoms with Crippen molar-refractivity contribution in [3.63, 3.8) is 0 Å². The molecule has 1 aromatic carbocycles. The van der Waals surface area contributed by atoms with Gasteiger partial charge < -0.3 is 19.8 Å². The van der Waals surface area contributed by atoms with Crippen molar-refractivity contribution in [3.8, 4) is 5.75 Å². The molecule has 0 radical (unpaired) electrons. The lowest BCUT2D eigenvalue weighted by molar-refractivity contribution is -0.129. The molecule has 2 saturated carbocycles. The number of rotatable bonds is 9. The summed E-state index contributed by atoms with van der Waals surface area (Å²) in [4.78, 5) is 33.2. The molecule has 4 heterocycles. The fourth-order valence-corrected chi connectivity index (χ4v) is 9.65. The van der Waals surface area contributed by atoms with Crippen LogP contribution in [0.25, 0.3) is 0 Å². The van der Waals surface area contributed by atoms with Crippen molar-refractivity contribution in [2.45, 2.75) is 84.5 Å². The Morgan fingerprint density at radius 2 is 1.51 bits per heavy atom. The number of piperazine rings is 1. The molecule has 3 saturated heterocycles. The third-order valence-electron chi connectivity index (χ3n) is 12.4. The first-order valence-electron chi connectivity index (χ1n) is 18.0. The number of ketones is 1. The maximum absolute atomic E-state index is 13.1. The number of aryl methyl sites for hydroxylation is 2. The SMILES string of the molecule is Cc1ccc(O)cc1CCC1CC(=O)CC2(C)C1CC[C@@H]2CCN1CCN(c2cc(N3CCCC3)nc(N3CCCC3)n2)CC1. The summed E-state index contributed by atoms with van der Waals surface area (Å²) in [5.74, 6) is 5.70. The minimum atomic E-state index is 0.134. The predicted molar refractivity (Wildman–Crippen MR) is 181 cm³/mol. The molecule has 5 aliphatic rings. The Labute approximate surface area is 270 Å². The largest absolute Gasteiger partial charge is 0.508 e. The molecule has 1 aromatic heterocycles. The number of carbonyl (C=O) groups is 1. The van der Waals surface area contributed by atoms with E-state index in [2.05, 4.69) is 39.5 Å². The van der Waals surface area contributed by atoms with Gasteiger partial charge in [-0.05, 0) is 118 Å². The Hall–Kier alpha value is -2.87. The van der Waals surface area contributed by atoms with Crippen LogP contribution in [0.4, 0.5) is 17.6 Å². The Bertz CT molecular complexity index is 1310. The molecule has 0 spiro atoms. The number of carbonyl (C=O) groups excluding carboxylic acids is 1. The topological polar surface area (TPSA) is 76.0 Å². The second kappa shape index (κ2) is 13.1. The minimum Gasteiger partial charge on any atom is -0.508 e. The second-order valence-corrected chi connectivity index (χ2v) is 15.1. The van der Waals surface area contributed by atoms with Gasteiger partial charge in [-0.2, -0.15) is 9.97 Å². The van der Waals surface area contributed by atoms with Crippen LogP contribution in [-0.4, -0.2) is 84.7 Å². The van der Waals surface area contributed by atoms with Crippen molar-refractivity contribution in [3.05, 3.63) is 35.4 Å². The highest BCUT2D eigenvalue weighted by Gasteiger charge is 2.52. The predicted octanol–water partition coefficient (Wildman–Crippen LogP) is 5.85. The van der Waals surface area contributed by atoms with Crippen LogP contribution in [0.1, 0.15) is 82.3 Å². The lowest BCUT2D eigenvalue weighted by Crippen LogP contribution is -2.48. The van der Waals surface area contributed by atoms with Gasteiger partial charge in [0.2, 0.25) is 5.95 Å². The minimum absolute atomic E-state index is 0.134. The third-order valence-corrected chi connectivity index (χ3v) is 12.4. The Kier molecular flexibility index (Phi) is 8.95. The van der Waals surface area contributed by atoms with Crippen molar-refractivity contribution in [1.82, 2.24) is 14.9 Å². The molecule has 7 rings (SSSR count). The fourth-order valence-electron chi connectivity index (χ4n) is 9.65. The highest BCUT2D eigenvalue weighted by atomic mass is 16.3. The van der Waals surface area contributed by atoms with E-state index in [1.807, 2.05) is 12.1 Å². The van der Waals surface area contributed by atoms with E-state index in [1.54, 1.807) is 6.07 Å². The van der Waals surface area contributed by atoms with Gasteiger partial charge in [0.1, 0.15) is 23.2 Å². The average Bonchev–Trinajstić information content (AvgIpc) is 3.83. The second-order valence-electron chi connectivity index (χ2n) is 15.1.